The second-order valence-corrected chi connectivity index (χ2v) is 6.05. The number of hydrogen-bond donors (Lipinski definition) is 1. The van der Waals surface area contributed by atoms with Crippen LogP contribution in [0.25, 0.3) is 6.08 Å². The second-order valence-electron chi connectivity index (χ2n) is 4.89. The molecule has 0 saturated carbocycles. The maximum Gasteiger partial charge on any atom is 0.329 e. The Hall–Kier alpha value is -2.03. The minimum atomic E-state index is -0.447. The summed E-state index contributed by atoms with van der Waals surface area (Å²) >= 11 is 2.16. The van der Waals surface area contributed by atoms with Crippen LogP contribution in [-0.4, -0.2) is 36.6 Å². The summed E-state index contributed by atoms with van der Waals surface area (Å²) in [6, 6.07) is 3.22. The van der Waals surface area contributed by atoms with Crippen molar-refractivity contribution in [1.29, 1.82) is 0 Å². The molecule has 0 aromatic heterocycles. The molecule has 2 rings (SSSR count). The van der Waals surface area contributed by atoms with E-state index in [2.05, 4.69) is 34.5 Å². The van der Waals surface area contributed by atoms with E-state index in [-0.39, 0.29) is 18.1 Å². The van der Waals surface area contributed by atoms with Crippen LogP contribution < -0.4 is 14.8 Å². The van der Waals surface area contributed by atoms with Crippen LogP contribution in [0.4, 0.5) is 4.79 Å². The molecule has 6 nitrogen and oxygen atoms in total. The lowest BCUT2D eigenvalue weighted by molar-refractivity contribution is -0.122. The van der Waals surface area contributed by atoms with Gasteiger partial charge in [0.2, 0.25) is 0 Å². The molecule has 1 heterocycles. The lowest BCUT2D eigenvalue weighted by Gasteiger charge is -2.13. The molecule has 1 aromatic carbocycles. The average Bonchev–Trinajstić information content (AvgIpc) is 2.79. The maximum atomic E-state index is 12.2. The summed E-state index contributed by atoms with van der Waals surface area (Å²) in [5.74, 6) is 0.914. The van der Waals surface area contributed by atoms with Gasteiger partial charge in [0, 0.05) is 6.54 Å². The van der Waals surface area contributed by atoms with Crippen LogP contribution in [0.3, 0.4) is 0 Å². The predicted molar refractivity (Wildman–Crippen MR) is 99.9 cm³/mol. The van der Waals surface area contributed by atoms with E-state index < -0.39 is 6.03 Å². The lowest BCUT2D eigenvalue weighted by Crippen LogP contribution is -2.30. The summed E-state index contributed by atoms with van der Waals surface area (Å²) in [5, 5.41) is 2.57. The van der Waals surface area contributed by atoms with Crippen LogP contribution in [-0.2, 0) is 4.79 Å². The van der Waals surface area contributed by atoms with Gasteiger partial charge in [-0.3, -0.25) is 9.69 Å². The van der Waals surface area contributed by atoms with Gasteiger partial charge in [-0.05, 0) is 60.2 Å². The van der Waals surface area contributed by atoms with E-state index in [1.165, 1.54) is 6.08 Å². The number of nitrogens with one attached hydrogen (secondary N) is 1. The van der Waals surface area contributed by atoms with Crippen molar-refractivity contribution in [3.63, 3.8) is 0 Å². The number of carbonyl (C=O) groups excluding carboxylic acids is 2. The summed E-state index contributed by atoms with van der Waals surface area (Å²) in [5.41, 5.74) is 0.972. The fourth-order valence-corrected chi connectivity index (χ4v) is 3.03. The molecule has 7 heteroatoms. The molecule has 1 fully saturated rings. The van der Waals surface area contributed by atoms with Gasteiger partial charge in [0.05, 0.1) is 16.8 Å². The standard InChI is InChI=1S/C17H19IN2O4/c1-4-7-20-16(21)13(19-17(20)22)9-11-8-12(18)15(24-6-3)14(10-11)23-5-2/h4,8-10H,1,5-7H2,2-3H3,(H,19,22)/b13-9+. The quantitative estimate of drug-likeness (QED) is 0.305. The zero-order valence-corrected chi connectivity index (χ0v) is 15.8. The van der Waals surface area contributed by atoms with Crippen LogP contribution >= 0.6 is 22.6 Å². The van der Waals surface area contributed by atoms with Crippen LogP contribution in [0.5, 0.6) is 11.5 Å². The number of benzene rings is 1. The number of urea groups is 1. The summed E-state index contributed by atoms with van der Waals surface area (Å²) in [6.07, 6.45) is 3.14. The van der Waals surface area contributed by atoms with Crippen molar-refractivity contribution in [1.82, 2.24) is 10.2 Å². The van der Waals surface area contributed by atoms with Gasteiger partial charge in [-0.15, -0.1) is 6.58 Å². The van der Waals surface area contributed by atoms with Crippen molar-refractivity contribution in [3.8, 4) is 11.5 Å². The first kappa shape index (κ1) is 18.3. The topological polar surface area (TPSA) is 67.9 Å². The highest BCUT2D eigenvalue weighted by Gasteiger charge is 2.32. The van der Waals surface area contributed by atoms with E-state index in [9.17, 15) is 9.59 Å². The van der Waals surface area contributed by atoms with Crippen molar-refractivity contribution in [3.05, 3.63) is 39.6 Å². The molecular weight excluding hydrogens is 423 g/mol. The van der Waals surface area contributed by atoms with E-state index in [1.54, 1.807) is 12.1 Å². The molecule has 0 atom stereocenters. The van der Waals surface area contributed by atoms with Gasteiger partial charge in [0.25, 0.3) is 5.91 Å². The van der Waals surface area contributed by atoms with E-state index >= 15 is 0 Å². The summed E-state index contributed by atoms with van der Waals surface area (Å²) in [7, 11) is 0. The molecular formula is C17H19IN2O4. The Bertz CT molecular complexity index is 700. The third kappa shape index (κ3) is 3.89. The molecule has 24 heavy (non-hydrogen) atoms. The first-order valence-electron chi connectivity index (χ1n) is 7.56. The SMILES string of the molecule is C=CCN1C(=O)N/C(=C/c2cc(I)c(OCC)c(OCC)c2)C1=O. The Morgan fingerprint density at radius 2 is 1.96 bits per heavy atom. The van der Waals surface area contributed by atoms with Gasteiger partial charge in [-0.2, -0.15) is 0 Å². The minimum absolute atomic E-state index is 0.174. The second kappa shape index (κ2) is 8.18. The van der Waals surface area contributed by atoms with Crippen LogP contribution in [0.15, 0.2) is 30.5 Å². The fourth-order valence-electron chi connectivity index (χ4n) is 2.25. The van der Waals surface area contributed by atoms with Crippen LogP contribution in [0, 0.1) is 3.57 Å². The van der Waals surface area contributed by atoms with Crippen molar-refractivity contribution in [2.45, 2.75) is 13.8 Å². The van der Waals surface area contributed by atoms with Gasteiger partial charge >= 0.3 is 6.03 Å². The molecule has 1 N–H and O–H groups in total. The Labute approximate surface area is 154 Å². The third-order valence-electron chi connectivity index (χ3n) is 3.21. The molecule has 1 aromatic rings. The predicted octanol–water partition coefficient (Wildman–Crippen LogP) is 3.17. The first-order valence-corrected chi connectivity index (χ1v) is 8.64. The number of nitrogens with zero attached hydrogens (tertiary/aromatic N) is 1. The molecule has 0 bridgehead atoms. The van der Waals surface area contributed by atoms with E-state index in [1.807, 2.05) is 19.9 Å². The highest BCUT2D eigenvalue weighted by Crippen LogP contribution is 2.35. The highest BCUT2D eigenvalue weighted by molar-refractivity contribution is 14.1. The minimum Gasteiger partial charge on any atom is -0.490 e. The number of halogens is 1. The molecule has 128 valence electrons. The number of ether oxygens (including phenoxy) is 2. The van der Waals surface area contributed by atoms with E-state index in [0.29, 0.717) is 24.7 Å². The molecule has 0 radical (unpaired) electrons. The Morgan fingerprint density at radius 1 is 1.25 bits per heavy atom. The third-order valence-corrected chi connectivity index (χ3v) is 4.01. The van der Waals surface area contributed by atoms with Crippen molar-refractivity contribution in [2.24, 2.45) is 0 Å². The molecule has 0 spiro atoms. The van der Waals surface area contributed by atoms with Gasteiger partial charge in [0.1, 0.15) is 5.70 Å². The van der Waals surface area contributed by atoms with Crippen molar-refractivity contribution >= 4 is 40.6 Å². The smallest absolute Gasteiger partial charge is 0.329 e. The largest absolute Gasteiger partial charge is 0.490 e. The Balaban J connectivity index is 2.37. The van der Waals surface area contributed by atoms with Gasteiger partial charge in [0.15, 0.2) is 11.5 Å². The zero-order valence-electron chi connectivity index (χ0n) is 13.6. The molecule has 0 aliphatic carbocycles. The number of imide groups is 1. The first-order chi connectivity index (χ1) is 11.5. The summed E-state index contributed by atoms with van der Waals surface area (Å²) in [4.78, 5) is 25.2. The number of rotatable bonds is 7. The van der Waals surface area contributed by atoms with E-state index in [0.717, 1.165) is 14.0 Å². The molecule has 1 saturated heterocycles. The summed E-state index contributed by atoms with van der Waals surface area (Å²) in [6.45, 7) is 8.55. The number of hydrogen-bond acceptors (Lipinski definition) is 4. The fraction of sp³-hybridized carbons (Fsp3) is 0.294. The number of carbonyl (C=O) groups is 2. The van der Waals surface area contributed by atoms with Crippen LogP contribution in [0.1, 0.15) is 19.4 Å². The van der Waals surface area contributed by atoms with E-state index in [4.69, 9.17) is 9.47 Å². The van der Waals surface area contributed by atoms with Crippen molar-refractivity contribution < 1.29 is 19.1 Å². The lowest BCUT2D eigenvalue weighted by atomic mass is 10.1. The number of amides is 3. The van der Waals surface area contributed by atoms with Gasteiger partial charge < -0.3 is 14.8 Å². The van der Waals surface area contributed by atoms with Crippen LogP contribution in [0.2, 0.25) is 0 Å². The maximum absolute atomic E-state index is 12.2. The molecule has 3 amide bonds. The average molecular weight is 442 g/mol. The molecule has 1 aliphatic rings. The molecule has 0 unspecified atom stereocenters. The monoisotopic (exact) mass is 442 g/mol. The Kier molecular flexibility index (Phi) is 6.24. The Morgan fingerprint density at radius 3 is 2.58 bits per heavy atom. The zero-order chi connectivity index (χ0) is 17.7. The normalized spacial score (nSPS) is 15.6. The van der Waals surface area contributed by atoms with Gasteiger partial charge in [-0.1, -0.05) is 6.08 Å². The van der Waals surface area contributed by atoms with Gasteiger partial charge in [-0.25, -0.2) is 4.79 Å². The van der Waals surface area contributed by atoms with Crippen molar-refractivity contribution in [2.75, 3.05) is 19.8 Å². The highest BCUT2D eigenvalue weighted by atomic mass is 127. The molecule has 1 aliphatic heterocycles. The summed E-state index contributed by atoms with van der Waals surface area (Å²) < 4.78 is 12.1.